The van der Waals surface area contributed by atoms with Crippen molar-refractivity contribution in [2.75, 3.05) is 0 Å². The van der Waals surface area contributed by atoms with E-state index in [4.69, 9.17) is 5.73 Å². The number of amides is 8. The van der Waals surface area contributed by atoms with Gasteiger partial charge in [-0.1, -0.05) is 55.4 Å². The molecule has 0 aliphatic carbocycles. The molecule has 0 saturated heterocycles. The molecule has 0 aliphatic heterocycles. The average Bonchev–Trinajstić information content (AvgIpc) is 3.18. The number of rotatable bonds is 30. The van der Waals surface area contributed by atoms with E-state index in [1.54, 1.807) is 41.5 Å². The number of aliphatic carboxylic acids is 4. The van der Waals surface area contributed by atoms with Crippen molar-refractivity contribution in [1.82, 2.24) is 42.5 Å². The van der Waals surface area contributed by atoms with Crippen molar-refractivity contribution >= 4 is 71.1 Å². The third kappa shape index (κ3) is 22.1. The molecule has 0 heterocycles. The van der Waals surface area contributed by atoms with Crippen molar-refractivity contribution in [3.8, 4) is 0 Å². The van der Waals surface area contributed by atoms with Gasteiger partial charge in [0.2, 0.25) is 47.3 Å². The Morgan fingerprint density at radius 3 is 1.07 bits per heavy atom. The standard InChI is InChI=1S/C41H69N9O17/c1-16(2)13-22(42)33(58)44-23(11-12-26(52)53)34(59)45-24(14-27(54)55)35(60)46-25(15-28(56)57)36(61)50-32(21(10)51)40(65)49-31(19(7)8)39(64)48-30(18(5)6)38(63)47-29(17(3)4)37(62)43-20(9)41(66)67/h16-25,29-32,51H,11-15,42H2,1-10H3,(H,43,62)(H,44,58)(H,45,59)(H,46,60)(H,47,63)(H,48,64)(H,49,65)(H,50,61)(H,52,53)(H,54,55)(H,56,57)(H,66,67)/t20-,21+,22-,23-,24-,25-,29-,30-,31-,32-/m0/s1. The van der Waals surface area contributed by atoms with E-state index in [9.17, 15) is 83.1 Å². The molecule has 10 atom stereocenters. The van der Waals surface area contributed by atoms with Crippen LogP contribution in [0.1, 0.15) is 101 Å². The summed E-state index contributed by atoms with van der Waals surface area (Å²) in [6.45, 7) is 15.1. The zero-order valence-corrected chi connectivity index (χ0v) is 39.3. The number of aliphatic hydroxyl groups is 1. The van der Waals surface area contributed by atoms with E-state index in [1.807, 2.05) is 5.32 Å². The van der Waals surface area contributed by atoms with Crippen molar-refractivity contribution in [2.45, 2.75) is 162 Å². The van der Waals surface area contributed by atoms with Gasteiger partial charge in [0.25, 0.3) is 0 Å². The van der Waals surface area contributed by atoms with Crippen LogP contribution in [0.25, 0.3) is 0 Å². The lowest BCUT2D eigenvalue weighted by Gasteiger charge is -2.31. The van der Waals surface area contributed by atoms with Crippen molar-refractivity contribution in [1.29, 1.82) is 0 Å². The predicted octanol–water partition coefficient (Wildman–Crippen LogP) is -3.49. The van der Waals surface area contributed by atoms with E-state index in [0.717, 1.165) is 6.92 Å². The number of hydrogen-bond acceptors (Lipinski definition) is 14. The number of nitrogens with one attached hydrogen (secondary N) is 8. The molecule has 0 spiro atoms. The van der Waals surface area contributed by atoms with Gasteiger partial charge in [-0.25, -0.2) is 0 Å². The SMILES string of the molecule is CC(C)C[C@H](N)C(=O)N[C@@H](CCC(=O)O)C(=O)N[C@@H](CC(=O)O)C(=O)N[C@@H](CC(=O)O)C(=O)N[C@H](C(=O)N[C@H](C(=O)N[C@H](C(=O)N[C@H](C(=O)N[C@@H](C)C(=O)O)C(C)C)C(C)C)C(C)C)[C@@H](C)O. The first-order valence-electron chi connectivity index (χ1n) is 21.6. The van der Waals surface area contributed by atoms with Gasteiger partial charge in [0.15, 0.2) is 0 Å². The Morgan fingerprint density at radius 2 is 0.746 bits per heavy atom. The highest BCUT2D eigenvalue weighted by Gasteiger charge is 2.38. The van der Waals surface area contributed by atoms with Crippen LogP contribution in [0.5, 0.6) is 0 Å². The number of carboxylic acid groups (broad SMARTS) is 4. The maximum atomic E-state index is 13.7. The normalized spacial score (nSPS) is 15.8. The van der Waals surface area contributed by atoms with Crippen LogP contribution in [0.3, 0.4) is 0 Å². The smallest absolute Gasteiger partial charge is 0.325 e. The van der Waals surface area contributed by atoms with E-state index in [-0.39, 0.29) is 12.3 Å². The maximum absolute atomic E-state index is 13.7. The lowest BCUT2D eigenvalue weighted by Crippen LogP contribution is -2.63. The topological polar surface area (TPSA) is 428 Å². The Kier molecular flexibility index (Phi) is 25.8. The summed E-state index contributed by atoms with van der Waals surface area (Å²) in [6, 6.07) is -14.2. The molecule has 0 radical (unpaired) electrons. The number of carboxylic acids is 4. The largest absolute Gasteiger partial charge is 0.481 e. The Hall–Kier alpha value is -6.44. The van der Waals surface area contributed by atoms with Crippen LogP contribution in [0.15, 0.2) is 0 Å². The molecule has 0 rings (SSSR count). The second-order valence-corrected chi connectivity index (χ2v) is 17.5. The van der Waals surface area contributed by atoms with Gasteiger partial charge in [-0.2, -0.15) is 0 Å². The monoisotopic (exact) mass is 959 g/mol. The van der Waals surface area contributed by atoms with Gasteiger partial charge in [-0.3, -0.25) is 57.5 Å². The average molecular weight is 960 g/mol. The zero-order valence-electron chi connectivity index (χ0n) is 39.3. The highest BCUT2D eigenvalue weighted by Crippen LogP contribution is 2.11. The third-order valence-electron chi connectivity index (χ3n) is 9.90. The summed E-state index contributed by atoms with van der Waals surface area (Å²) < 4.78 is 0. The van der Waals surface area contributed by atoms with Crippen molar-refractivity contribution in [3.05, 3.63) is 0 Å². The van der Waals surface area contributed by atoms with Gasteiger partial charge in [-0.05, 0) is 50.4 Å². The molecule has 0 aromatic carbocycles. The summed E-state index contributed by atoms with van der Waals surface area (Å²) >= 11 is 0. The first-order valence-corrected chi connectivity index (χ1v) is 21.6. The van der Waals surface area contributed by atoms with Crippen LogP contribution in [0, 0.1) is 23.7 Å². The second kappa shape index (κ2) is 28.6. The molecule has 0 aromatic heterocycles. The number of aliphatic hydroxyl groups excluding tert-OH is 1. The first kappa shape index (κ1) is 60.6. The molecule has 67 heavy (non-hydrogen) atoms. The quantitative estimate of drug-likeness (QED) is 0.0332. The van der Waals surface area contributed by atoms with E-state index in [0.29, 0.717) is 0 Å². The van der Waals surface area contributed by atoms with Crippen molar-refractivity contribution in [3.63, 3.8) is 0 Å². The van der Waals surface area contributed by atoms with Crippen molar-refractivity contribution < 1.29 is 83.1 Å². The molecule has 0 fully saturated rings. The van der Waals surface area contributed by atoms with Crippen molar-refractivity contribution in [2.24, 2.45) is 29.4 Å². The lowest BCUT2D eigenvalue weighted by atomic mass is 9.97. The molecule has 26 heteroatoms. The van der Waals surface area contributed by atoms with Gasteiger partial charge in [0.05, 0.1) is 25.0 Å². The Labute approximate surface area is 387 Å². The van der Waals surface area contributed by atoms with E-state index in [1.165, 1.54) is 20.8 Å². The fourth-order valence-corrected chi connectivity index (χ4v) is 6.10. The van der Waals surface area contributed by atoms with Crippen LogP contribution in [-0.4, -0.2) is 157 Å². The molecular formula is C41H69N9O17. The molecule has 0 unspecified atom stereocenters. The minimum atomic E-state index is -2.11. The summed E-state index contributed by atoms with van der Waals surface area (Å²) in [6.07, 6.45) is -5.15. The lowest BCUT2D eigenvalue weighted by molar-refractivity contribution is -0.144. The predicted molar refractivity (Wildman–Crippen MR) is 234 cm³/mol. The molecule has 0 aliphatic rings. The van der Waals surface area contributed by atoms with Crippen LogP contribution < -0.4 is 48.3 Å². The summed E-state index contributed by atoms with van der Waals surface area (Å²) in [5.41, 5.74) is 5.88. The fraction of sp³-hybridized carbons (Fsp3) is 0.707. The first-order chi connectivity index (χ1) is 30.8. The second-order valence-electron chi connectivity index (χ2n) is 17.5. The maximum Gasteiger partial charge on any atom is 0.325 e. The summed E-state index contributed by atoms with van der Waals surface area (Å²) in [5.74, 6) is -16.7. The molecule has 0 saturated carbocycles. The van der Waals surface area contributed by atoms with Crippen LogP contribution in [-0.2, 0) is 57.5 Å². The summed E-state index contributed by atoms with van der Waals surface area (Å²) in [4.78, 5) is 153. The molecule has 0 bridgehead atoms. The third-order valence-corrected chi connectivity index (χ3v) is 9.90. The van der Waals surface area contributed by atoms with E-state index >= 15 is 0 Å². The summed E-state index contributed by atoms with van der Waals surface area (Å²) in [7, 11) is 0. The summed E-state index contributed by atoms with van der Waals surface area (Å²) in [5, 5.41) is 66.2. The minimum absolute atomic E-state index is 0.0580. The highest BCUT2D eigenvalue weighted by atomic mass is 16.4. The van der Waals surface area contributed by atoms with Gasteiger partial charge in [0, 0.05) is 6.42 Å². The highest BCUT2D eigenvalue weighted by molar-refractivity contribution is 5.99. The van der Waals surface area contributed by atoms with Crippen LogP contribution in [0.2, 0.25) is 0 Å². The Bertz CT molecular complexity index is 1810. The molecule has 8 amide bonds. The van der Waals surface area contributed by atoms with Gasteiger partial charge in [-0.15, -0.1) is 0 Å². The number of carbonyl (C=O) groups excluding carboxylic acids is 8. The van der Waals surface area contributed by atoms with E-state index < -0.39 is 175 Å². The number of nitrogens with two attached hydrogens (primary N) is 1. The van der Waals surface area contributed by atoms with Gasteiger partial charge in [0.1, 0.15) is 48.3 Å². The van der Waals surface area contributed by atoms with E-state index in [2.05, 4.69) is 37.2 Å². The molecule has 15 N–H and O–H groups in total. The van der Waals surface area contributed by atoms with Gasteiger partial charge >= 0.3 is 23.9 Å². The Morgan fingerprint density at radius 1 is 0.418 bits per heavy atom. The van der Waals surface area contributed by atoms with Crippen LogP contribution in [0.4, 0.5) is 0 Å². The zero-order chi connectivity index (χ0) is 52.2. The van der Waals surface area contributed by atoms with Crippen LogP contribution >= 0.6 is 0 Å². The van der Waals surface area contributed by atoms with Gasteiger partial charge < -0.3 is 73.8 Å². The fourth-order valence-electron chi connectivity index (χ4n) is 6.10. The number of carbonyl (C=O) groups is 12. The molecule has 26 nitrogen and oxygen atoms in total. The number of hydrogen-bond donors (Lipinski definition) is 14. The Balaban J connectivity index is 6.43. The minimum Gasteiger partial charge on any atom is -0.481 e. The molecule has 0 aromatic rings. The molecular weight excluding hydrogens is 890 g/mol. The molecule has 380 valence electrons.